The summed E-state index contributed by atoms with van der Waals surface area (Å²) in [5.74, 6) is -0.185. The number of amides is 1. The molecule has 23 heavy (non-hydrogen) atoms. The van der Waals surface area contributed by atoms with Gasteiger partial charge in [-0.1, -0.05) is 22.7 Å². The first-order valence-electron chi connectivity index (χ1n) is 6.72. The lowest BCUT2D eigenvalue weighted by molar-refractivity contribution is 0.102. The van der Waals surface area contributed by atoms with Crippen LogP contribution in [0.4, 0.5) is 16.0 Å². The van der Waals surface area contributed by atoms with E-state index in [1.807, 2.05) is 18.2 Å². The van der Waals surface area contributed by atoms with E-state index in [2.05, 4.69) is 15.3 Å². The van der Waals surface area contributed by atoms with E-state index in [4.69, 9.17) is 11.5 Å². The number of fused-ring (bicyclic) bond motifs is 2. The van der Waals surface area contributed by atoms with Gasteiger partial charge in [-0.15, -0.1) is 0 Å². The number of nitrogen functional groups attached to an aromatic ring is 2. The molecule has 5 N–H and O–H groups in total. The van der Waals surface area contributed by atoms with Crippen molar-refractivity contribution in [2.24, 2.45) is 0 Å². The molecular formula is C15H11N5OS2. The van der Waals surface area contributed by atoms with Gasteiger partial charge in [0.15, 0.2) is 10.3 Å². The van der Waals surface area contributed by atoms with Crippen molar-refractivity contribution in [1.82, 2.24) is 9.97 Å². The van der Waals surface area contributed by atoms with E-state index in [-0.39, 0.29) is 5.91 Å². The molecule has 0 unspecified atom stereocenters. The Bertz CT molecular complexity index is 1050. The van der Waals surface area contributed by atoms with Crippen molar-refractivity contribution >= 4 is 65.0 Å². The van der Waals surface area contributed by atoms with Crippen LogP contribution in [-0.2, 0) is 0 Å². The highest BCUT2D eigenvalue weighted by Gasteiger charge is 2.10. The maximum atomic E-state index is 12.4. The number of rotatable bonds is 2. The molecule has 0 aliphatic heterocycles. The van der Waals surface area contributed by atoms with Crippen molar-refractivity contribution in [1.29, 1.82) is 0 Å². The number of carbonyl (C=O) groups excluding carboxylic acids is 1. The van der Waals surface area contributed by atoms with Gasteiger partial charge in [0.05, 0.1) is 20.4 Å². The van der Waals surface area contributed by atoms with E-state index < -0.39 is 0 Å². The normalized spacial score (nSPS) is 11.1. The van der Waals surface area contributed by atoms with Gasteiger partial charge in [-0.25, -0.2) is 9.97 Å². The minimum Gasteiger partial charge on any atom is -0.375 e. The number of benzene rings is 2. The second kappa shape index (κ2) is 5.18. The van der Waals surface area contributed by atoms with E-state index in [1.165, 1.54) is 22.7 Å². The third kappa shape index (κ3) is 2.58. The number of carbonyl (C=O) groups is 1. The fourth-order valence-electron chi connectivity index (χ4n) is 2.31. The molecular weight excluding hydrogens is 330 g/mol. The predicted molar refractivity (Wildman–Crippen MR) is 96.0 cm³/mol. The zero-order chi connectivity index (χ0) is 16.0. The van der Waals surface area contributed by atoms with Crippen LogP contribution in [0.5, 0.6) is 0 Å². The average Bonchev–Trinajstić information content (AvgIpc) is 3.06. The zero-order valence-electron chi connectivity index (χ0n) is 11.7. The lowest BCUT2D eigenvalue weighted by Crippen LogP contribution is -2.11. The van der Waals surface area contributed by atoms with Crippen LogP contribution in [0.25, 0.3) is 20.4 Å². The summed E-state index contributed by atoms with van der Waals surface area (Å²) in [7, 11) is 0. The van der Waals surface area contributed by atoms with E-state index in [0.717, 1.165) is 20.4 Å². The molecule has 0 aliphatic rings. The van der Waals surface area contributed by atoms with Crippen molar-refractivity contribution in [3.05, 3.63) is 42.0 Å². The van der Waals surface area contributed by atoms with Gasteiger partial charge in [0.25, 0.3) is 5.91 Å². The number of nitrogens with zero attached hydrogens (tertiary/aromatic N) is 2. The number of nitrogens with two attached hydrogens (primary N) is 2. The standard InChI is InChI=1S/C15H11N5OS2/c16-14-19-9-3-1-7(5-11(9)22-14)13(21)18-8-2-4-10-12(6-8)23-15(17)20-10/h1-6H,(H2,16,19)(H2,17,20)(H,18,21). The summed E-state index contributed by atoms with van der Waals surface area (Å²) in [5.41, 5.74) is 14.3. The van der Waals surface area contributed by atoms with Crippen LogP contribution in [0.15, 0.2) is 36.4 Å². The Hall–Kier alpha value is -2.71. The van der Waals surface area contributed by atoms with Crippen molar-refractivity contribution in [2.45, 2.75) is 0 Å². The molecule has 2 heterocycles. The molecule has 4 rings (SSSR count). The highest BCUT2D eigenvalue weighted by molar-refractivity contribution is 7.22. The maximum absolute atomic E-state index is 12.4. The fourth-order valence-corrected chi connectivity index (χ4v) is 3.85. The highest BCUT2D eigenvalue weighted by atomic mass is 32.1. The van der Waals surface area contributed by atoms with Gasteiger partial charge in [0.2, 0.25) is 0 Å². The Morgan fingerprint density at radius 2 is 1.52 bits per heavy atom. The molecule has 4 aromatic rings. The van der Waals surface area contributed by atoms with E-state index in [9.17, 15) is 4.79 Å². The smallest absolute Gasteiger partial charge is 0.255 e. The zero-order valence-corrected chi connectivity index (χ0v) is 13.4. The van der Waals surface area contributed by atoms with Crippen molar-refractivity contribution in [2.75, 3.05) is 16.8 Å². The number of hydrogen-bond acceptors (Lipinski definition) is 7. The van der Waals surface area contributed by atoms with Gasteiger partial charge >= 0.3 is 0 Å². The van der Waals surface area contributed by atoms with Crippen LogP contribution in [0.3, 0.4) is 0 Å². The second-order valence-electron chi connectivity index (χ2n) is 4.92. The number of aromatic nitrogens is 2. The van der Waals surface area contributed by atoms with Crippen LogP contribution in [0.2, 0.25) is 0 Å². The number of thiazole rings is 2. The Labute approximate surface area is 138 Å². The summed E-state index contributed by atoms with van der Waals surface area (Å²) >= 11 is 2.75. The number of nitrogens with one attached hydrogen (secondary N) is 1. The lowest BCUT2D eigenvalue weighted by Gasteiger charge is -2.05. The van der Waals surface area contributed by atoms with Crippen LogP contribution >= 0.6 is 22.7 Å². The van der Waals surface area contributed by atoms with Crippen LogP contribution in [-0.4, -0.2) is 15.9 Å². The Balaban J connectivity index is 1.63. The third-order valence-electron chi connectivity index (χ3n) is 3.33. The van der Waals surface area contributed by atoms with E-state index in [1.54, 1.807) is 18.2 Å². The molecule has 2 aromatic carbocycles. The summed E-state index contributed by atoms with van der Waals surface area (Å²) in [6.45, 7) is 0. The first-order valence-corrected chi connectivity index (χ1v) is 8.35. The third-order valence-corrected chi connectivity index (χ3v) is 5.02. The van der Waals surface area contributed by atoms with Gasteiger partial charge in [0.1, 0.15) is 0 Å². The number of anilines is 3. The molecule has 114 valence electrons. The maximum Gasteiger partial charge on any atom is 0.255 e. The summed E-state index contributed by atoms with van der Waals surface area (Å²) < 4.78 is 1.83. The molecule has 8 heteroatoms. The van der Waals surface area contributed by atoms with Gasteiger partial charge in [0, 0.05) is 11.3 Å². The molecule has 6 nitrogen and oxygen atoms in total. The Morgan fingerprint density at radius 1 is 0.913 bits per heavy atom. The molecule has 0 saturated carbocycles. The molecule has 0 fully saturated rings. The molecule has 0 aliphatic carbocycles. The van der Waals surface area contributed by atoms with E-state index in [0.29, 0.717) is 21.5 Å². The van der Waals surface area contributed by atoms with Crippen molar-refractivity contribution < 1.29 is 4.79 Å². The van der Waals surface area contributed by atoms with Gasteiger partial charge in [-0.2, -0.15) is 0 Å². The lowest BCUT2D eigenvalue weighted by atomic mass is 10.2. The summed E-state index contributed by atoms with van der Waals surface area (Å²) in [6, 6.07) is 10.8. The van der Waals surface area contributed by atoms with Crippen LogP contribution < -0.4 is 16.8 Å². The van der Waals surface area contributed by atoms with Gasteiger partial charge in [-0.3, -0.25) is 4.79 Å². The molecule has 2 aromatic heterocycles. The largest absolute Gasteiger partial charge is 0.375 e. The Morgan fingerprint density at radius 3 is 2.22 bits per heavy atom. The fraction of sp³-hybridized carbons (Fsp3) is 0. The minimum absolute atomic E-state index is 0.185. The minimum atomic E-state index is -0.185. The first-order chi connectivity index (χ1) is 11.1. The van der Waals surface area contributed by atoms with Gasteiger partial charge in [-0.05, 0) is 36.4 Å². The van der Waals surface area contributed by atoms with E-state index >= 15 is 0 Å². The topological polar surface area (TPSA) is 107 Å². The molecule has 0 saturated heterocycles. The van der Waals surface area contributed by atoms with Crippen LogP contribution in [0.1, 0.15) is 10.4 Å². The van der Waals surface area contributed by atoms with Crippen LogP contribution in [0, 0.1) is 0 Å². The SMILES string of the molecule is Nc1nc2ccc(NC(=O)c3ccc4nc(N)sc4c3)cc2s1. The monoisotopic (exact) mass is 341 g/mol. The molecule has 1 amide bonds. The summed E-state index contributed by atoms with van der Waals surface area (Å²) in [6.07, 6.45) is 0. The first kappa shape index (κ1) is 13.9. The second-order valence-corrected chi connectivity index (χ2v) is 7.05. The average molecular weight is 341 g/mol. The summed E-state index contributed by atoms with van der Waals surface area (Å²) in [5, 5.41) is 3.89. The van der Waals surface area contributed by atoms with Gasteiger partial charge < -0.3 is 16.8 Å². The molecule has 0 bridgehead atoms. The van der Waals surface area contributed by atoms with Crippen molar-refractivity contribution in [3.63, 3.8) is 0 Å². The number of hydrogen-bond donors (Lipinski definition) is 3. The quantitative estimate of drug-likeness (QED) is 0.518. The van der Waals surface area contributed by atoms with Crippen molar-refractivity contribution in [3.8, 4) is 0 Å². The molecule has 0 spiro atoms. The Kier molecular flexibility index (Phi) is 3.14. The molecule has 0 radical (unpaired) electrons. The highest BCUT2D eigenvalue weighted by Crippen LogP contribution is 2.27. The molecule has 0 atom stereocenters. The summed E-state index contributed by atoms with van der Waals surface area (Å²) in [4.78, 5) is 20.8. The predicted octanol–water partition coefficient (Wildman–Crippen LogP) is 3.32.